The van der Waals surface area contributed by atoms with E-state index in [4.69, 9.17) is 0 Å². The zero-order valence-corrected chi connectivity index (χ0v) is 20.0. The van der Waals surface area contributed by atoms with Gasteiger partial charge in [0.05, 0.1) is 17.6 Å². The molecule has 178 valence electrons. The number of fused-ring (bicyclic) bond motifs is 1. The Kier molecular flexibility index (Phi) is 6.41. The summed E-state index contributed by atoms with van der Waals surface area (Å²) in [6.07, 6.45) is 3.74. The number of carboxylic acid groups (broad SMARTS) is 1. The summed E-state index contributed by atoms with van der Waals surface area (Å²) in [5.41, 5.74) is -0.767. The molecule has 2 fully saturated rings. The summed E-state index contributed by atoms with van der Waals surface area (Å²) < 4.78 is 0. The highest BCUT2D eigenvalue weighted by Gasteiger charge is 2.47. The molecule has 0 bridgehead atoms. The van der Waals surface area contributed by atoms with E-state index >= 15 is 0 Å². The molecule has 33 heavy (non-hydrogen) atoms. The minimum Gasteiger partial charge on any atom is -0.465 e. The number of hydrogen-bond acceptors (Lipinski definition) is 3. The minimum atomic E-state index is -1.09. The van der Waals surface area contributed by atoms with Crippen LogP contribution in [0, 0.1) is 0 Å². The molecule has 0 aromatic heterocycles. The zero-order valence-electron chi connectivity index (χ0n) is 20.0. The summed E-state index contributed by atoms with van der Waals surface area (Å²) in [5, 5.41) is 23.7. The SMILES string of the molecule is CC(C)(C)N(C(=O)O)[C@@H]1CCN(C(=O)C(c2cccc3ccccc23)C2(O)CCCCC2)C1. The van der Waals surface area contributed by atoms with Crippen molar-refractivity contribution in [3.63, 3.8) is 0 Å². The van der Waals surface area contributed by atoms with Crippen LogP contribution in [0.3, 0.4) is 0 Å². The predicted molar refractivity (Wildman–Crippen MR) is 129 cm³/mol. The lowest BCUT2D eigenvalue weighted by atomic mass is 9.71. The Morgan fingerprint density at radius 3 is 2.39 bits per heavy atom. The lowest BCUT2D eigenvalue weighted by Gasteiger charge is -2.41. The third-order valence-electron chi connectivity index (χ3n) is 7.41. The van der Waals surface area contributed by atoms with Crippen LogP contribution in [0.4, 0.5) is 4.79 Å². The molecule has 1 heterocycles. The molecule has 1 saturated heterocycles. The van der Waals surface area contributed by atoms with E-state index in [1.807, 2.05) is 63.2 Å². The van der Waals surface area contributed by atoms with E-state index in [1.165, 1.54) is 4.90 Å². The molecule has 2 aromatic carbocycles. The molecule has 2 aromatic rings. The van der Waals surface area contributed by atoms with Crippen LogP contribution >= 0.6 is 0 Å². The second-order valence-corrected chi connectivity index (χ2v) is 10.7. The maximum absolute atomic E-state index is 14.1. The molecule has 1 aliphatic heterocycles. The Morgan fingerprint density at radius 2 is 1.73 bits per heavy atom. The molecular formula is C27H36N2O4. The van der Waals surface area contributed by atoms with Crippen LogP contribution in [0.25, 0.3) is 10.8 Å². The number of amides is 2. The van der Waals surface area contributed by atoms with Crippen LogP contribution in [0.1, 0.15) is 70.8 Å². The summed E-state index contributed by atoms with van der Waals surface area (Å²) in [6, 6.07) is 13.7. The molecule has 2 amide bonds. The lowest BCUT2D eigenvalue weighted by Crippen LogP contribution is -2.53. The minimum absolute atomic E-state index is 0.0856. The van der Waals surface area contributed by atoms with Gasteiger partial charge in [-0.15, -0.1) is 0 Å². The molecule has 2 N–H and O–H groups in total. The Morgan fingerprint density at radius 1 is 1.06 bits per heavy atom. The quantitative estimate of drug-likeness (QED) is 0.684. The number of nitrogens with zero attached hydrogens (tertiary/aromatic N) is 2. The lowest BCUT2D eigenvalue weighted by molar-refractivity contribution is -0.140. The van der Waals surface area contributed by atoms with E-state index in [0.29, 0.717) is 32.4 Å². The molecule has 1 saturated carbocycles. The first kappa shape index (κ1) is 23.6. The fraction of sp³-hybridized carbons (Fsp3) is 0.556. The van der Waals surface area contributed by atoms with E-state index in [0.717, 1.165) is 35.6 Å². The van der Waals surface area contributed by atoms with Crippen molar-refractivity contribution in [3.05, 3.63) is 48.0 Å². The molecule has 6 heteroatoms. The first-order valence-electron chi connectivity index (χ1n) is 12.1. The van der Waals surface area contributed by atoms with Gasteiger partial charge in [0, 0.05) is 18.6 Å². The van der Waals surface area contributed by atoms with Gasteiger partial charge in [0.2, 0.25) is 5.91 Å². The van der Waals surface area contributed by atoms with Gasteiger partial charge in [-0.25, -0.2) is 4.79 Å². The van der Waals surface area contributed by atoms with Gasteiger partial charge in [-0.05, 0) is 56.4 Å². The highest BCUT2D eigenvalue weighted by molar-refractivity contribution is 5.94. The summed E-state index contributed by atoms with van der Waals surface area (Å²) in [7, 11) is 0. The van der Waals surface area contributed by atoms with Gasteiger partial charge >= 0.3 is 6.09 Å². The van der Waals surface area contributed by atoms with Crippen LogP contribution in [0.2, 0.25) is 0 Å². The number of hydrogen-bond donors (Lipinski definition) is 2. The molecule has 4 rings (SSSR count). The van der Waals surface area contributed by atoms with Crippen molar-refractivity contribution in [2.75, 3.05) is 13.1 Å². The number of carbonyl (C=O) groups excluding carboxylic acids is 1. The van der Waals surface area contributed by atoms with Crippen molar-refractivity contribution in [1.29, 1.82) is 0 Å². The van der Waals surface area contributed by atoms with E-state index in [-0.39, 0.29) is 11.9 Å². The molecule has 6 nitrogen and oxygen atoms in total. The van der Waals surface area contributed by atoms with Crippen LogP contribution in [0.15, 0.2) is 42.5 Å². The fourth-order valence-corrected chi connectivity index (χ4v) is 5.93. The molecule has 0 radical (unpaired) electrons. The van der Waals surface area contributed by atoms with Crippen molar-refractivity contribution >= 4 is 22.8 Å². The van der Waals surface area contributed by atoms with Crippen molar-refractivity contribution in [3.8, 4) is 0 Å². The van der Waals surface area contributed by atoms with Gasteiger partial charge in [0.15, 0.2) is 0 Å². The first-order chi connectivity index (χ1) is 15.6. The molecule has 2 aliphatic rings. The van der Waals surface area contributed by atoms with Gasteiger partial charge < -0.3 is 15.1 Å². The number of aliphatic hydroxyl groups is 1. The van der Waals surface area contributed by atoms with Gasteiger partial charge in [-0.2, -0.15) is 0 Å². The maximum Gasteiger partial charge on any atom is 0.408 e. The maximum atomic E-state index is 14.1. The smallest absolute Gasteiger partial charge is 0.408 e. The van der Waals surface area contributed by atoms with Gasteiger partial charge in [0.25, 0.3) is 0 Å². The van der Waals surface area contributed by atoms with Crippen molar-refractivity contribution in [2.45, 2.75) is 82.4 Å². The van der Waals surface area contributed by atoms with Gasteiger partial charge in [-0.1, -0.05) is 61.7 Å². The third-order valence-corrected chi connectivity index (χ3v) is 7.41. The van der Waals surface area contributed by atoms with E-state index in [2.05, 4.69) is 0 Å². The van der Waals surface area contributed by atoms with Crippen LogP contribution in [0.5, 0.6) is 0 Å². The zero-order chi connectivity index (χ0) is 23.8. The molecule has 1 aliphatic carbocycles. The first-order valence-corrected chi connectivity index (χ1v) is 12.1. The monoisotopic (exact) mass is 452 g/mol. The average molecular weight is 453 g/mol. The predicted octanol–water partition coefficient (Wildman–Crippen LogP) is 5.00. The van der Waals surface area contributed by atoms with Crippen LogP contribution in [-0.4, -0.2) is 62.3 Å². The molecule has 1 unspecified atom stereocenters. The summed E-state index contributed by atoms with van der Waals surface area (Å²) in [6.45, 7) is 6.51. The summed E-state index contributed by atoms with van der Waals surface area (Å²) >= 11 is 0. The highest BCUT2D eigenvalue weighted by atomic mass is 16.4. The number of carbonyl (C=O) groups is 2. The Hall–Kier alpha value is -2.60. The molecule has 2 atom stereocenters. The largest absolute Gasteiger partial charge is 0.465 e. The van der Waals surface area contributed by atoms with Gasteiger partial charge in [0.1, 0.15) is 0 Å². The highest BCUT2D eigenvalue weighted by Crippen LogP contribution is 2.43. The third kappa shape index (κ3) is 4.58. The van der Waals surface area contributed by atoms with E-state index in [1.54, 1.807) is 4.90 Å². The normalized spacial score (nSPS) is 21.7. The van der Waals surface area contributed by atoms with Crippen LogP contribution in [-0.2, 0) is 4.79 Å². The number of likely N-dealkylation sites (tertiary alicyclic amines) is 1. The second-order valence-electron chi connectivity index (χ2n) is 10.7. The van der Waals surface area contributed by atoms with Gasteiger partial charge in [-0.3, -0.25) is 9.69 Å². The molecular weight excluding hydrogens is 416 g/mol. The molecule has 0 spiro atoms. The topological polar surface area (TPSA) is 81.1 Å². The summed E-state index contributed by atoms with van der Waals surface area (Å²) in [4.78, 5) is 29.3. The van der Waals surface area contributed by atoms with Crippen molar-refractivity contribution < 1.29 is 19.8 Å². The van der Waals surface area contributed by atoms with Crippen molar-refractivity contribution in [2.24, 2.45) is 0 Å². The van der Waals surface area contributed by atoms with E-state index in [9.17, 15) is 19.8 Å². The number of rotatable bonds is 4. The fourth-order valence-electron chi connectivity index (χ4n) is 5.93. The van der Waals surface area contributed by atoms with E-state index < -0.39 is 23.2 Å². The van der Waals surface area contributed by atoms with Crippen LogP contribution < -0.4 is 0 Å². The second kappa shape index (κ2) is 8.98. The average Bonchev–Trinajstić information content (AvgIpc) is 3.22. The summed E-state index contributed by atoms with van der Waals surface area (Å²) in [5.74, 6) is -0.743. The Bertz CT molecular complexity index is 1020. The Balaban J connectivity index is 1.70. The number of benzene rings is 2. The van der Waals surface area contributed by atoms with Crippen molar-refractivity contribution in [1.82, 2.24) is 9.80 Å². The Labute approximate surface area is 196 Å². The standard InChI is InChI=1S/C27H36N2O4/c1-26(2,3)29(25(31)32)20-14-17-28(18-20)24(30)23(27(33)15-7-4-8-16-27)22-13-9-11-19-10-5-6-12-21(19)22/h5-6,9-13,20,23,33H,4,7-8,14-18H2,1-3H3,(H,31,32)/t20-,23?/m1/s1.